The summed E-state index contributed by atoms with van der Waals surface area (Å²) >= 11 is 0. The standard InChI is InChI=1S/C16H21NO6/c1-4-6-23-16(21)14-10(8-12(19)22-5-2)7-11-13(9(3)18)15(20)17(11)14/h4,8-9,11,13-14,18H,1,5-7H2,2-3H3/b10-8+/t9-,11-,13-,14-/m1/s1. The zero-order chi connectivity index (χ0) is 17.1. The molecule has 7 heteroatoms. The third kappa shape index (κ3) is 3.14. The van der Waals surface area contributed by atoms with Crippen LogP contribution in [0.2, 0.25) is 0 Å². The van der Waals surface area contributed by atoms with Gasteiger partial charge in [0.05, 0.1) is 24.7 Å². The molecule has 0 bridgehead atoms. The number of amides is 1. The van der Waals surface area contributed by atoms with E-state index >= 15 is 0 Å². The number of aliphatic hydroxyl groups is 1. The van der Waals surface area contributed by atoms with Gasteiger partial charge < -0.3 is 19.5 Å². The molecule has 4 atom stereocenters. The van der Waals surface area contributed by atoms with Gasteiger partial charge in [0, 0.05) is 6.08 Å². The molecule has 0 aromatic carbocycles. The number of hydrogen-bond donors (Lipinski definition) is 1. The minimum atomic E-state index is -0.938. The molecule has 2 aliphatic heterocycles. The molecule has 0 aliphatic carbocycles. The first kappa shape index (κ1) is 17.2. The van der Waals surface area contributed by atoms with E-state index in [4.69, 9.17) is 9.47 Å². The summed E-state index contributed by atoms with van der Waals surface area (Å²) in [5, 5.41) is 9.72. The summed E-state index contributed by atoms with van der Waals surface area (Å²) in [6.07, 6.45) is 2.20. The fourth-order valence-corrected chi connectivity index (χ4v) is 3.15. The molecule has 0 aromatic rings. The molecule has 23 heavy (non-hydrogen) atoms. The number of rotatable bonds is 6. The van der Waals surface area contributed by atoms with Crippen molar-refractivity contribution in [3.8, 4) is 0 Å². The Hall–Kier alpha value is -2.15. The van der Waals surface area contributed by atoms with Crippen LogP contribution in [0.1, 0.15) is 20.3 Å². The number of carbonyl (C=O) groups is 3. The minimum absolute atomic E-state index is 0.0224. The van der Waals surface area contributed by atoms with Gasteiger partial charge in [0.25, 0.3) is 0 Å². The van der Waals surface area contributed by atoms with E-state index in [9.17, 15) is 19.5 Å². The maximum Gasteiger partial charge on any atom is 0.333 e. The van der Waals surface area contributed by atoms with Crippen LogP contribution < -0.4 is 0 Å². The fourth-order valence-electron chi connectivity index (χ4n) is 3.15. The second-order valence-corrected chi connectivity index (χ2v) is 5.58. The van der Waals surface area contributed by atoms with Crippen molar-refractivity contribution in [1.82, 2.24) is 4.90 Å². The second kappa shape index (κ2) is 6.95. The number of esters is 2. The van der Waals surface area contributed by atoms with Crippen LogP contribution in [-0.4, -0.2) is 59.3 Å². The number of aliphatic hydroxyl groups excluding tert-OH is 1. The number of hydrogen-bond acceptors (Lipinski definition) is 6. The van der Waals surface area contributed by atoms with Gasteiger partial charge in [-0.1, -0.05) is 12.7 Å². The summed E-state index contributed by atoms with van der Waals surface area (Å²) in [4.78, 5) is 37.5. The molecule has 7 nitrogen and oxygen atoms in total. The summed E-state index contributed by atoms with van der Waals surface area (Å²) in [5.41, 5.74) is 0.471. The van der Waals surface area contributed by atoms with Crippen LogP contribution in [0, 0.1) is 5.92 Å². The summed E-state index contributed by atoms with van der Waals surface area (Å²) in [5.74, 6) is -2.04. The Bertz CT molecular complexity index is 553. The van der Waals surface area contributed by atoms with E-state index in [1.165, 1.54) is 24.0 Å². The van der Waals surface area contributed by atoms with E-state index in [0.29, 0.717) is 12.0 Å². The first-order chi connectivity index (χ1) is 10.9. The summed E-state index contributed by atoms with van der Waals surface area (Å²) in [6, 6.07) is -1.24. The number of ether oxygens (including phenoxy) is 2. The zero-order valence-electron chi connectivity index (χ0n) is 13.2. The highest BCUT2D eigenvalue weighted by atomic mass is 16.5. The molecule has 0 spiro atoms. The Kier molecular flexibility index (Phi) is 5.20. The van der Waals surface area contributed by atoms with E-state index in [-0.39, 0.29) is 25.2 Å². The van der Waals surface area contributed by atoms with Gasteiger partial charge in [-0.15, -0.1) is 0 Å². The lowest BCUT2D eigenvalue weighted by molar-refractivity contribution is -0.170. The fraction of sp³-hybridized carbons (Fsp3) is 0.562. The monoisotopic (exact) mass is 323 g/mol. The number of fused-ring (bicyclic) bond motifs is 1. The second-order valence-electron chi connectivity index (χ2n) is 5.58. The molecule has 1 amide bonds. The van der Waals surface area contributed by atoms with Crippen molar-refractivity contribution >= 4 is 17.8 Å². The van der Waals surface area contributed by atoms with E-state index in [1.54, 1.807) is 6.92 Å². The van der Waals surface area contributed by atoms with Crippen LogP contribution in [0.5, 0.6) is 0 Å². The van der Waals surface area contributed by atoms with Crippen LogP contribution in [0.25, 0.3) is 0 Å². The Morgan fingerprint density at radius 3 is 2.74 bits per heavy atom. The molecule has 0 radical (unpaired) electrons. The molecule has 0 aromatic heterocycles. The zero-order valence-corrected chi connectivity index (χ0v) is 13.2. The van der Waals surface area contributed by atoms with Crippen LogP contribution in [0.3, 0.4) is 0 Å². The van der Waals surface area contributed by atoms with Gasteiger partial charge in [-0.2, -0.15) is 0 Å². The van der Waals surface area contributed by atoms with Crippen molar-refractivity contribution in [2.24, 2.45) is 5.92 Å². The van der Waals surface area contributed by atoms with E-state index < -0.39 is 30.0 Å². The first-order valence-corrected chi connectivity index (χ1v) is 7.57. The maximum absolute atomic E-state index is 12.2. The quantitative estimate of drug-likeness (QED) is 0.324. The highest BCUT2D eigenvalue weighted by molar-refractivity contribution is 5.96. The molecule has 2 saturated heterocycles. The van der Waals surface area contributed by atoms with Gasteiger partial charge in [0.15, 0.2) is 6.04 Å². The summed E-state index contributed by atoms with van der Waals surface area (Å²) in [6.45, 7) is 6.93. The van der Waals surface area contributed by atoms with Crippen molar-refractivity contribution in [3.63, 3.8) is 0 Å². The van der Waals surface area contributed by atoms with Gasteiger partial charge >= 0.3 is 11.9 Å². The van der Waals surface area contributed by atoms with E-state index in [2.05, 4.69) is 6.58 Å². The SMILES string of the molecule is C=CCOC(=O)[C@H]1/C(=C/C(=O)OCC)C[C@@H]2[C@@H]([C@@H](C)O)C(=O)N21. The Morgan fingerprint density at radius 2 is 2.17 bits per heavy atom. The van der Waals surface area contributed by atoms with E-state index in [1.807, 2.05) is 0 Å². The van der Waals surface area contributed by atoms with Crippen molar-refractivity contribution in [2.75, 3.05) is 13.2 Å². The largest absolute Gasteiger partial charge is 0.463 e. The van der Waals surface area contributed by atoms with Gasteiger partial charge in [-0.05, 0) is 25.8 Å². The topological polar surface area (TPSA) is 93.1 Å². The highest BCUT2D eigenvalue weighted by Crippen LogP contribution is 2.44. The lowest BCUT2D eigenvalue weighted by atomic mass is 9.84. The van der Waals surface area contributed by atoms with Crippen molar-refractivity contribution in [1.29, 1.82) is 0 Å². The Labute approximate surface area is 134 Å². The predicted molar refractivity (Wildman–Crippen MR) is 80.1 cm³/mol. The summed E-state index contributed by atoms with van der Waals surface area (Å²) in [7, 11) is 0. The lowest BCUT2D eigenvalue weighted by Gasteiger charge is -2.45. The first-order valence-electron chi connectivity index (χ1n) is 7.57. The van der Waals surface area contributed by atoms with E-state index in [0.717, 1.165) is 0 Å². The average Bonchev–Trinajstić information content (AvgIpc) is 2.78. The van der Waals surface area contributed by atoms with Gasteiger partial charge in [0.2, 0.25) is 5.91 Å². The molecule has 2 heterocycles. The van der Waals surface area contributed by atoms with Crippen LogP contribution in [-0.2, 0) is 23.9 Å². The third-order valence-electron chi connectivity index (χ3n) is 4.06. The van der Waals surface area contributed by atoms with Gasteiger partial charge in [-0.3, -0.25) is 4.79 Å². The predicted octanol–water partition coefficient (Wildman–Crippen LogP) is 0.185. The van der Waals surface area contributed by atoms with Crippen molar-refractivity contribution in [2.45, 2.75) is 38.5 Å². The molecular weight excluding hydrogens is 302 g/mol. The molecule has 126 valence electrons. The number of nitrogens with zero attached hydrogens (tertiary/aromatic N) is 1. The average molecular weight is 323 g/mol. The molecule has 0 saturated carbocycles. The lowest BCUT2D eigenvalue weighted by Crippen LogP contribution is -2.64. The highest BCUT2D eigenvalue weighted by Gasteiger charge is 2.59. The normalized spacial score (nSPS) is 28.8. The van der Waals surface area contributed by atoms with Crippen LogP contribution in [0.4, 0.5) is 0 Å². The van der Waals surface area contributed by atoms with Gasteiger partial charge in [0.1, 0.15) is 6.61 Å². The minimum Gasteiger partial charge on any atom is -0.463 e. The maximum atomic E-state index is 12.2. The molecular formula is C16H21NO6. The van der Waals surface area contributed by atoms with Crippen LogP contribution in [0.15, 0.2) is 24.3 Å². The number of β-lactam (4-membered cyclic amide) rings is 1. The molecule has 2 fully saturated rings. The Balaban J connectivity index is 2.25. The third-order valence-corrected chi connectivity index (χ3v) is 4.06. The molecule has 2 rings (SSSR count). The summed E-state index contributed by atoms with van der Waals surface area (Å²) < 4.78 is 9.91. The number of carbonyl (C=O) groups excluding carboxylic acids is 3. The Morgan fingerprint density at radius 1 is 1.48 bits per heavy atom. The van der Waals surface area contributed by atoms with Gasteiger partial charge in [-0.25, -0.2) is 9.59 Å². The van der Waals surface area contributed by atoms with Crippen LogP contribution >= 0.6 is 0 Å². The van der Waals surface area contributed by atoms with Crippen molar-refractivity contribution in [3.05, 3.63) is 24.3 Å². The molecule has 2 aliphatic rings. The molecule has 0 unspecified atom stereocenters. The smallest absolute Gasteiger partial charge is 0.333 e. The molecule has 1 N–H and O–H groups in total. The van der Waals surface area contributed by atoms with Crippen molar-refractivity contribution < 1.29 is 29.0 Å².